The van der Waals surface area contributed by atoms with Crippen LogP contribution in [0.3, 0.4) is 0 Å². The summed E-state index contributed by atoms with van der Waals surface area (Å²) in [6.07, 6.45) is 0.435. The van der Waals surface area contributed by atoms with Crippen molar-refractivity contribution in [2.75, 3.05) is 12.8 Å². The first-order valence-electron chi connectivity index (χ1n) is 4.77. The fraction of sp³-hybridized carbons (Fsp3) is 0.300. The van der Waals surface area contributed by atoms with Gasteiger partial charge in [0, 0.05) is 5.69 Å². The van der Waals surface area contributed by atoms with E-state index in [2.05, 4.69) is 10.5 Å². The van der Waals surface area contributed by atoms with E-state index in [1.807, 2.05) is 12.1 Å². The fourth-order valence-corrected chi connectivity index (χ4v) is 1.13. The van der Waals surface area contributed by atoms with Crippen LogP contribution < -0.4 is 11.5 Å². The van der Waals surface area contributed by atoms with E-state index in [9.17, 15) is 4.79 Å². The van der Waals surface area contributed by atoms with Gasteiger partial charge in [-0.3, -0.25) is 4.79 Å². The summed E-state index contributed by atoms with van der Waals surface area (Å²) in [5, 5.41) is 0. The van der Waals surface area contributed by atoms with Crippen molar-refractivity contribution >= 4 is 11.7 Å². The molecular weight excluding hydrogens is 180 g/mol. The number of nitrogen functional groups attached to an aromatic ring is 1. The molecule has 0 saturated heterocycles. The van der Waals surface area contributed by atoms with Crippen LogP contribution >= 0.6 is 0 Å². The molecule has 4 N–H and O–H groups in total. The van der Waals surface area contributed by atoms with E-state index in [-0.39, 0.29) is 0 Å². The van der Waals surface area contributed by atoms with Gasteiger partial charge in [0.1, 0.15) is 6.04 Å². The molecule has 1 atom stereocenters. The van der Waals surface area contributed by atoms with Crippen molar-refractivity contribution in [1.82, 2.24) is 0 Å². The summed E-state index contributed by atoms with van der Waals surface area (Å²) in [6, 6.07) is 6.52. The highest BCUT2D eigenvalue weighted by atomic mass is 16.5. The van der Waals surface area contributed by atoms with Crippen LogP contribution in [0.5, 0.6) is 0 Å². The SMILES string of the molecule is [2H]Nc1ccc(C[C@H](N)C(=O)OC)cc1. The van der Waals surface area contributed by atoms with E-state index in [1.54, 1.807) is 12.1 Å². The van der Waals surface area contributed by atoms with Gasteiger partial charge in [0.25, 0.3) is 0 Å². The molecule has 0 bridgehead atoms. The normalized spacial score (nSPS) is 12.9. The molecule has 0 saturated carbocycles. The van der Waals surface area contributed by atoms with Crippen LogP contribution in [0.1, 0.15) is 5.56 Å². The van der Waals surface area contributed by atoms with Crippen LogP contribution in [-0.2, 0) is 16.0 Å². The van der Waals surface area contributed by atoms with Crippen molar-refractivity contribution in [3.63, 3.8) is 0 Å². The third-order valence-electron chi connectivity index (χ3n) is 1.91. The highest BCUT2D eigenvalue weighted by molar-refractivity contribution is 5.75. The van der Waals surface area contributed by atoms with Gasteiger partial charge in [0.15, 0.2) is 1.41 Å². The Hall–Kier alpha value is -1.55. The Morgan fingerprint density at radius 1 is 1.57 bits per heavy atom. The first-order chi connectivity index (χ1) is 7.17. The third-order valence-corrected chi connectivity index (χ3v) is 1.91. The lowest BCUT2D eigenvalue weighted by molar-refractivity contribution is -0.142. The van der Waals surface area contributed by atoms with Crippen molar-refractivity contribution in [2.45, 2.75) is 12.5 Å². The molecule has 1 aromatic carbocycles. The number of carbonyl (C=O) groups excluding carboxylic acids is 1. The first-order valence-corrected chi connectivity index (χ1v) is 4.27. The van der Waals surface area contributed by atoms with Gasteiger partial charge >= 0.3 is 5.97 Å². The zero-order valence-electron chi connectivity index (χ0n) is 8.99. The topological polar surface area (TPSA) is 78.3 Å². The Labute approximate surface area is 84.3 Å². The molecule has 0 aromatic heterocycles. The maximum Gasteiger partial charge on any atom is 0.322 e. The summed E-state index contributed by atoms with van der Waals surface area (Å²) in [5.74, 6) is -0.419. The molecule has 4 heteroatoms. The number of methoxy groups -OCH3 is 1. The Bertz CT molecular complexity index is 327. The molecule has 4 nitrogen and oxygen atoms in total. The van der Waals surface area contributed by atoms with Gasteiger partial charge in [0.05, 0.1) is 7.11 Å². The second kappa shape index (κ2) is 4.62. The van der Waals surface area contributed by atoms with E-state index in [0.29, 0.717) is 12.1 Å². The van der Waals surface area contributed by atoms with Gasteiger partial charge in [-0.25, -0.2) is 0 Å². The van der Waals surface area contributed by atoms with Gasteiger partial charge in [-0.15, -0.1) is 0 Å². The minimum Gasteiger partial charge on any atom is -0.468 e. The van der Waals surface area contributed by atoms with E-state index in [0.717, 1.165) is 5.56 Å². The number of benzene rings is 1. The van der Waals surface area contributed by atoms with Gasteiger partial charge in [0.2, 0.25) is 0 Å². The number of anilines is 1. The quantitative estimate of drug-likeness (QED) is 0.535. The summed E-state index contributed by atoms with van der Waals surface area (Å²) >= 11 is 0. The molecule has 14 heavy (non-hydrogen) atoms. The second-order valence-corrected chi connectivity index (χ2v) is 3.03. The second-order valence-electron chi connectivity index (χ2n) is 3.03. The minimum absolute atomic E-state index is 0.419. The van der Waals surface area contributed by atoms with Crippen LogP contribution in [0.15, 0.2) is 24.3 Å². The van der Waals surface area contributed by atoms with Crippen molar-refractivity contribution in [3.8, 4) is 0 Å². The molecule has 76 valence electrons. The van der Waals surface area contributed by atoms with Crippen molar-refractivity contribution in [3.05, 3.63) is 29.8 Å². The lowest BCUT2D eigenvalue weighted by Crippen LogP contribution is -2.33. The summed E-state index contributed by atoms with van der Waals surface area (Å²) < 4.78 is 11.4. The summed E-state index contributed by atoms with van der Waals surface area (Å²) in [4.78, 5) is 11.0. The highest BCUT2D eigenvalue weighted by Crippen LogP contribution is 2.07. The summed E-state index contributed by atoms with van der Waals surface area (Å²) in [7, 11) is 1.31. The van der Waals surface area contributed by atoms with E-state index < -0.39 is 12.0 Å². The highest BCUT2D eigenvalue weighted by Gasteiger charge is 2.13. The summed E-state index contributed by atoms with van der Waals surface area (Å²) in [6.45, 7) is 0. The van der Waals surface area contributed by atoms with E-state index in [1.165, 1.54) is 7.11 Å². The number of esters is 1. The average molecular weight is 195 g/mol. The monoisotopic (exact) mass is 195 g/mol. The lowest BCUT2D eigenvalue weighted by Gasteiger charge is -2.08. The number of hydrogen-bond acceptors (Lipinski definition) is 4. The van der Waals surface area contributed by atoms with Gasteiger partial charge in [-0.2, -0.15) is 0 Å². The molecule has 0 amide bonds. The molecule has 0 radical (unpaired) electrons. The lowest BCUT2D eigenvalue weighted by atomic mass is 10.1. The van der Waals surface area contributed by atoms with Crippen molar-refractivity contribution in [1.29, 1.82) is 0 Å². The fourth-order valence-electron chi connectivity index (χ4n) is 1.13. The smallest absolute Gasteiger partial charge is 0.322 e. The Morgan fingerprint density at radius 2 is 2.21 bits per heavy atom. The maximum absolute atomic E-state index is 11.0. The molecule has 1 aromatic rings. The van der Waals surface area contributed by atoms with E-state index >= 15 is 0 Å². The zero-order valence-corrected chi connectivity index (χ0v) is 7.99. The van der Waals surface area contributed by atoms with Gasteiger partial charge < -0.3 is 16.2 Å². The molecule has 1 rings (SSSR count). The molecular formula is C10H14N2O2. The summed E-state index contributed by atoms with van der Waals surface area (Å²) in [5.41, 5.74) is 9.51. The van der Waals surface area contributed by atoms with Crippen LogP contribution in [0.4, 0.5) is 5.69 Å². The standard InChI is InChI=1S/C10H14N2O2/c1-14-10(13)9(12)6-7-2-4-8(11)5-3-7/h2-5,9H,6,11-12H2,1H3/t9-/m0/s1/i/hD. The maximum atomic E-state index is 11.0. The molecule has 0 aliphatic carbocycles. The van der Waals surface area contributed by atoms with Crippen LogP contribution in [0, 0.1) is 0 Å². The van der Waals surface area contributed by atoms with Crippen molar-refractivity contribution in [2.24, 2.45) is 5.73 Å². The molecule has 0 unspecified atom stereocenters. The third kappa shape index (κ3) is 2.74. The number of hydrogen-bond donors (Lipinski definition) is 2. The predicted octanol–water partition coefficient (Wildman–Crippen LogP) is 0.312. The number of rotatable bonds is 4. The van der Waals surface area contributed by atoms with Crippen LogP contribution in [0.25, 0.3) is 0 Å². The zero-order chi connectivity index (χ0) is 11.3. The van der Waals surface area contributed by atoms with Crippen molar-refractivity contribution < 1.29 is 10.9 Å². The van der Waals surface area contributed by atoms with Gasteiger partial charge in [-0.1, -0.05) is 12.1 Å². The molecule has 0 aliphatic rings. The minimum atomic E-state index is -0.634. The van der Waals surface area contributed by atoms with Gasteiger partial charge in [-0.05, 0) is 24.1 Å². The Morgan fingerprint density at radius 3 is 2.71 bits per heavy atom. The average Bonchev–Trinajstić information content (AvgIpc) is 2.29. The predicted molar refractivity (Wildman–Crippen MR) is 54.5 cm³/mol. The Balaban J connectivity index is 2.60. The van der Waals surface area contributed by atoms with Crippen LogP contribution in [-0.4, -0.2) is 19.1 Å². The first kappa shape index (κ1) is 9.02. The molecule has 0 heterocycles. The number of ether oxygens (including phenoxy) is 1. The number of carbonyl (C=O) groups is 1. The largest absolute Gasteiger partial charge is 0.468 e. The van der Waals surface area contributed by atoms with Crippen LogP contribution in [0.2, 0.25) is 1.41 Å². The number of nitrogens with two attached hydrogens (primary N) is 2. The van der Waals surface area contributed by atoms with E-state index in [4.69, 9.17) is 7.15 Å². The Kier molecular flexibility index (Phi) is 2.98. The molecule has 0 spiro atoms. The molecule has 0 aliphatic heterocycles. The molecule has 0 fully saturated rings.